The minimum atomic E-state index is -0.164. The summed E-state index contributed by atoms with van der Waals surface area (Å²) in [7, 11) is 0. The van der Waals surface area contributed by atoms with E-state index in [0.717, 1.165) is 4.88 Å². The molecule has 1 saturated heterocycles. The number of nitrogens with one attached hydrogen (secondary N) is 1. The van der Waals surface area contributed by atoms with Crippen molar-refractivity contribution in [3.05, 3.63) is 51.7 Å². The summed E-state index contributed by atoms with van der Waals surface area (Å²) in [6.07, 6.45) is 0.437. The molecule has 0 atom stereocenters. The normalized spacial score (nSPS) is 14.5. The maximum atomic E-state index is 12.3. The monoisotopic (exact) mass is 363 g/mol. The van der Waals surface area contributed by atoms with Crippen molar-refractivity contribution < 1.29 is 9.59 Å². The van der Waals surface area contributed by atoms with Crippen molar-refractivity contribution in [2.45, 2.75) is 6.42 Å². The van der Waals surface area contributed by atoms with Gasteiger partial charge in [-0.05, 0) is 29.6 Å². The number of benzene rings is 1. The topological polar surface area (TPSA) is 52.7 Å². The molecule has 2 aromatic rings. The Labute approximate surface area is 149 Å². The SMILES string of the molecule is O=C(Cc1cccs1)N1CCN(C(=O)Nc2cccc(Cl)c2)CC1. The second-order valence-electron chi connectivity index (χ2n) is 5.56. The third-order valence-corrected chi connectivity index (χ3v) is 5.01. The highest BCUT2D eigenvalue weighted by molar-refractivity contribution is 7.10. The molecule has 7 heteroatoms. The molecule has 0 saturated carbocycles. The van der Waals surface area contributed by atoms with Crippen molar-refractivity contribution >= 4 is 40.6 Å². The van der Waals surface area contributed by atoms with Gasteiger partial charge in [-0.2, -0.15) is 0 Å². The molecule has 0 unspecified atom stereocenters. The highest BCUT2D eigenvalue weighted by Crippen LogP contribution is 2.16. The van der Waals surface area contributed by atoms with Crippen LogP contribution in [0.25, 0.3) is 0 Å². The number of hydrogen-bond acceptors (Lipinski definition) is 3. The predicted molar refractivity (Wildman–Crippen MR) is 96.6 cm³/mol. The lowest BCUT2D eigenvalue weighted by Gasteiger charge is -2.34. The van der Waals surface area contributed by atoms with E-state index in [1.54, 1.807) is 40.5 Å². The molecule has 24 heavy (non-hydrogen) atoms. The van der Waals surface area contributed by atoms with Crippen molar-refractivity contribution in [3.63, 3.8) is 0 Å². The second-order valence-corrected chi connectivity index (χ2v) is 7.03. The number of carbonyl (C=O) groups excluding carboxylic acids is 2. The largest absolute Gasteiger partial charge is 0.339 e. The van der Waals surface area contributed by atoms with Crippen LogP contribution in [0.3, 0.4) is 0 Å². The summed E-state index contributed by atoms with van der Waals surface area (Å²) in [4.78, 5) is 29.2. The second kappa shape index (κ2) is 7.68. The third-order valence-electron chi connectivity index (χ3n) is 3.90. The van der Waals surface area contributed by atoms with Crippen LogP contribution in [0.1, 0.15) is 4.88 Å². The van der Waals surface area contributed by atoms with E-state index in [2.05, 4.69) is 5.32 Å². The fraction of sp³-hybridized carbons (Fsp3) is 0.294. The number of halogens is 1. The summed E-state index contributed by atoms with van der Waals surface area (Å²) >= 11 is 7.51. The van der Waals surface area contributed by atoms with Gasteiger partial charge in [0, 0.05) is 41.8 Å². The van der Waals surface area contributed by atoms with Crippen molar-refractivity contribution in [2.24, 2.45) is 0 Å². The molecule has 1 aliphatic rings. The molecular formula is C17H18ClN3O2S. The Morgan fingerprint density at radius 3 is 2.50 bits per heavy atom. The fourth-order valence-electron chi connectivity index (χ4n) is 2.60. The van der Waals surface area contributed by atoms with E-state index in [0.29, 0.717) is 43.3 Å². The first-order chi connectivity index (χ1) is 11.6. The lowest BCUT2D eigenvalue weighted by Crippen LogP contribution is -2.52. The summed E-state index contributed by atoms with van der Waals surface area (Å²) in [5.41, 5.74) is 0.670. The van der Waals surface area contributed by atoms with Gasteiger partial charge < -0.3 is 15.1 Å². The van der Waals surface area contributed by atoms with Gasteiger partial charge in [-0.25, -0.2) is 4.79 Å². The minimum absolute atomic E-state index is 0.118. The predicted octanol–water partition coefficient (Wildman–Crippen LogP) is 3.32. The van der Waals surface area contributed by atoms with E-state index in [1.165, 1.54) is 0 Å². The van der Waals surface area contributed by atoms with Crippen LogP contribution in [0.4, 0.5) is 10.5 Å². The van der Waals surface area contributed by atoms with Crippen LogP contribution in [-0.4, -0.2) is 47.9 Å². The van der Waals surface area contributed by atoms with Crippen LogP contribution in [0.15, 0.2) is 41.8 Å². The van der Waals surface area contributed by atoms with Gasteiger partial charge in [0.2, 0.25) is 5.91 Å². The Kier molecular flexibility index (Phi) is 5.37. The van der Waals surface area contributed by atoms with E-state index in [4.69, 9.17) is 11.6 Å². The maximum absolute atomic E-state index is 12.3. The molecule has 0 spiro atoms. The Balaban J connectivity index is 1.49. The van der Waals surface area contributed by atoms with Crippen LogP contribution in [0.2, 0.25) is 5.02 Å². The van der Waals surface area contributed by atoms with Crippen LogP contribution in [-0.2, 0) is 11.2 Å². The molecule has 126 valence electrons. The molecular weight excluding hydrogens is 346 g/mol. The molecule has 1 aliphatic heterocycles. The van der Waals surface area contributed by atoms with Gasteiger partial charge >= 0.3 is 6.03 Å². The maximum Gasteiger partial charge on any atom is 0.321 e. The smallest absolute Gasteiger partial charge is 0.321 e. The van der Waals surface area contributed by atoms with Gasteiger partial charge in [0.05, 0.1) is 6.42 Å². The number of anilines is 1. The standard InChI is InChI=1S/C17H18ClN3O2S/c18-13-3-1-4-14(11-13)19-17(23)21-8-6-20(7-9-21)16(22)12-15-5-2-10-24-15/h1-5,10-11H,6-9,12H2,(H,19,23). The Morgan fingerprint density at radius 1 is 1.08 bits per heavy atom. The average Bonchev–Trinajstić information content (AvgIpc) is 3.08. The zero-order chi connectivity index (χ0) is 16.9. The molecule has 1 N–H and O–H groups in total. The minimum Gasteiger partial charge on any atom is -0.339 e. The average molecular weight is 364 g/mol. The van der Waals surface area contributed by atoms with Crippen molar-refractivity contribution in [1.29, 1.82) is 0 Å². The van der Waals surface area contributed by atoms with E-state index >= 15 is 0 Å². The molecule has 3 amide bonds. The van der Waals surface area contributed by atoms with Gasteiger partial charge in [0.15, 0.2) is 0 Å². The summed E-state index contributed by atoms with van der Waals surface area (Å²) in [5, 5.41) is 5.39. The summed E-state index contributed by atoms with van der Waals surface area (Å²) in [5.74, 6) is 0.118. The van der Waals surface area contributed by atoms with Crippen molar-refractivity contribution in [1.82, 2.24) is 9.80 Å². The number of nitrogens with zero attached hydrogens (tertiary/aromatic N) is 2. The molecule has 0 bridgehead atoms. The molecule has 1 aromatic carbocycles. The van der Waals surface area contributed by atoms with Gasteiger partial charge in [-0.1, -0.05) is 23.7 Å². The fourth-order valence-corrected chi connectivity index (χ4v) is 3.49. The van der Waals surface area contributed by atoms with Crippen LogP contribution in [0.5, 0.6) is 0 Å². The number of thiophene rings is 1. The number of rotatable bonds is 3. The van der Waals surface area contributed by atoms with Crippen LogP contribution in [0, 0.1) is 0 Å². The number of piperazine rings is 1. The van der Waals surface area contributed by atoms with E-state index in [9.17, 15) is 9.59 Å². The highest BCUT2D eigenvalue weighted by Gasteiger charge is 2.24. The third kappa shape index (κ3) is 4.27. The number of carbonyl (C=O) groups is 2. The Morgan fingerprint density at radius 2 is 1.83 bits per heavy atom. The van der Waals surface area contributed by atoms with Crippen LogP contribution >= 0.6 is 22.9 Å². The van der Waals surface area contributed by atoms with Gasteiger partial charge in [0.25, 0.3) is 0 Å². The first-order valence-corrected chi connectivity index (χ1v) is 8.99. The molecule has 5 nitrogen and oxygen atoms in total. The van der Waals surface area contributed by atoms with Gasteiger partial charge in [0.1, 0.15) is 0 Å². The zero-order valence-corrected chi connectivity index (χ0v) is 14.6. The number of amides is 3. The van der Waals surface area contributed by atoms with Crippen LogP contribution < -0.4 is 5.32 Å². The lowest BCUT2D eigenvalue weighted by atomic mass is 10.2. The van der Waals surface area contributed by atoms with E-state index in [-0.39, 0.29) is 11.9 Å². The highest BCUT2D eigenvalue weighted by atomic mass is 35.5. The van der Waals surface area contributed by atoms with Crippen molar-refractivity contribution in [2.75, 3.05) is 31.5 Å². The lowest BCUT2D eigenvalue weighted by molar-refractivity contribution is -0.131. The summed E-state index contributed by atoms with van der Waals surface area (Å²) in [6.45, 7) is 2.19. The molecule has 2 heterocycles. The number of hydrogen-bond donors (Lipinski definition) is 1. The first-order valence-electron chi connectivity index (χ1n) is 7.73. The quantitative estimate of drug-likeness (QED) is 0.909. The molecule has 0 radical (unpaired) electrons. The Bertz CT molecular complexity index is 712. The number of urea groups is 1. The van der Waals surface area contributed by atoms with Gasteiger partial charge in [-0.3, -0.25) is 4.79 Å². The first kappa shape index (κ1) is 16.8. The van der Waals surface area contributed by atoms with E-state index < -0.39 is 0 Å². The molecule has 1 aromatic heterocycles. The molecule has 1 fully saturated rings. The molecule has 0 aliphatic carbocycles. The van der Waals surface area contributed by atoms with Crippen molar-refractivity contribution in [3.8, 4) is 0 Å². The summed E-state index contributed by atoms with van der Waals surface area (Å²) in [6, 6.07) is 10.8. The Hall–Kier alpha value is -2.05. The zero-order valence-electron chi connectivity index (χ0n) is 13.1. The molecule has 3 rings (SSSR count). The van der Waals surface area contributed by atoms with Gasteiger partial charge in [-0.15, -0.1) is 11.3 Å². The summed E-state index contributed by atoms with van der Waals surface area (Å²) < 4.78 is 0. The van der Waals surface area contributed by atoms with E-state index in [1.807, 2.05) is 22.4 Å².